The second-order valence-electron chi connectivity index (χ2n) is 5.15. The first-order valence-corrected chi connectivity index (χ1v) is 8.74. The molecule has 2 rings (SSSR count). The van der Waals surface area contributed by atoms with Gasteiger partial charge in [0.05, 0.1) is 10.5 Å². The van der Waals surface area contributed by atoms with Crippen LogP contribution in [0.25, 0.3) is 0 Å². The lowest BCUT2D eigenvalue weighted by Crippen LogP contribution is -2.15. The maximum absolute atomic E-state index is 12.1. The molecule has 0 aliphatic carbocycles. The average Bonchev–Trinajstić information content (AvgIpc) is 2.62. The summed E-state index contributed by atoms with van der Waals surface area (Å²) in [4.78, 5) is 22.8. The second-order valence-corrected chi connectivity index (χ2v) is 6.58. The van der Waals surface area contributed by atoms with Crippen molar-refractivity contribution in [2.24, 2.45) is 0 Å². The van der Waals surface area contributed by atoms with Gasteiger partial charge in [-0.2, -0.15) is 13.7 Å². The smallest absolute Gasteiger partial charge is 0.335 e. The number of nitriles is 1. The molecule has 2 aromatic rings. The molecule has 0 radical (unpaired) electrons. The van der Waals surface area contributed by atoms with E-state index in [9.17, 15) is 18.0 Å². The molecule has 2 aromatic carbocycles. The molecular formula is C17H13N3O6S. The molecule has 0 fully saturated rings. The minimum atomic E-state index is -4.31. The van der Waals surface area contributed by atoms with Gasteiger partial charge in [-0.05, 0) is 42.5 Å². The Morgan fingerprint density at radius 1 is 1.07 bits per heavy atom. The first-order valence-electron chi connectivity index (χ1n) is 7.30. The van der Waals surface area contributed by atoms with E-state index in [0.29, 0.717) is 5.69 Å². The van der Waals surface area contributed by atoms with E-state index in [1.807, 2.05) is 0 Å². The highest BCUT2D eigenvalue weighted by atomic mass is 32.2. The standard InChI is InChI=1S/C17H13N3O6S/c18-9-12(10-19-13-4-6-15(7-5-13)27(24,25)26)16(21)20-14-3-1-2-11(8-14)17(22)23/h1-8,10,19H,(H,20,21)(H,22,23)(H,24,25,26)/b12-10-. The van der Waals surface area contributed by atoms with Gasteiger partial charge in [-0.25, -0.2) is 4.79 Å². The van der Waals surface area contributed by atoms with Crippen molar-refractivity contribution >= 4 is 33.4 Å². The van der Waals surface area contributed by atoms with Crippen molar-refractivity contribution in [3.63, 3.8) is 0 Å². The van der Waals surface area contributed by atoms with Crippen LogP contribution in [-0.4, -0.2) is 30.0 Å². The highest BCUT2D eigenvalue weighted by Crippen LogP contribution is 2.15. The van der Waals surface area contributed by atoms with Crippen LogP contribution < -0.4 is 10.6 Å². The molecule has 27 heavy (non-hydrogen) atoms. The number of aromatic carboxylic acids is 1. The average molecular weight is 387 g/mol. The van der Waals surface area contributed by atoms with E-state index in [1.54, 1.807) is 6.07 Å². The first kappa shape index (κ1) is 19.6. The summed E-state index contributed by atoms with van der Waals surface area (Å²) in [5.74, 6) is -1.92. The van der Waals surface area contributed by atoms with Crippen LogP contribution in [0.5, 0.6) is 0 Å². The SMILES string of the molecule is N#C/C(=C/Nc1ccc(S(=O)(=O)O)cc1)C(=O)Nc1cccc(C(=O)O)c1. The molecule has 1 amide bonds. The Balaban J connectivity index is 2.11. The van der Waals surface area contributed by atoms with Crippen LogP contribution in [0.3, 0.4) is 0 Å². The molecule has 0 saturated heterocycles. The molecule has 0 unspecified atom stereocenters. The van der Waals surface area contributed by atoms with Crippen molar-refractivity contribution < 1.29 is 27.7 Å². The lowest BCUT2D eigenvalue weighted by molar-refractivity contribution is -0.112. The maximum Gasteiger partial charge on any atom is 0.335 e. The molecule has 9 nitrogen and oxygen atoms in total. The Kier molecular flexibility index (Phi) is 5.92. The van der Waals surface area contributed by atoms with Crippen molar-refractivity contribution in [1.82, 2.24) is 0 Å². The Morgan fingerprint density at radius 2 is 1.74 bits per heavy atom. The highest BCUT2D eigenvalue weighted by Gasteiger charge is 2.11. The fourth-order valence-corrected chi connectivity index (χ4v) is 2.44. The number of nitrogens with one attached hydrogen (secondary N) is 2. The lowest BCUT2D eigenvalue weighted by Gasteiger charge is -2.06. The Labute approximate surface area is 154 Å². The van der Waals surface area contributed by atoms with E-state index in [0.717, 1.165) is 18.3 Å². The number of rotatable bonds is 6. The van der Waals surface area contributed by atoms with Crippen molar-refractivity contribution in [3.8, 4) is 6.07 Å². The van der Waals surface area contributed by atoms with Gasteiger partial charge < -0.3 is 15.7 Å². The van der Waals surface area contributed by atoms with Crippen molar-refractivity contribution in [2.45, 2.75) is 4.90 Å². The summed E-state index contributed by atoms with van der Waals surface area (Å²) in [6.45, 7) is 0. The predicted octanol–water partition coefficient (Wildman–Crippen LogP) is 2.09. The molecule has 0 spiro atoms. The molecule has 0 saturated carbocycles. The van der Waals surface area contributed by atoms with Gasteiger partial charge in [0.15, 0.2) is 0 Å². The largest absolute Gasteiger partial charge is 0.478 e. The zero-order chi connectivity index (χ0) is 20.0. The van der Waals surface area contributed by atoms with Gasteiger partial charge in [0.25, 0.3) is 16.0 Å². The van der Waals surface area contributed by atoms with Gasteiger partial charge in [-0.3, -0.25) is 9.35 Å². The van der Waals surface area contributed by atoms with Gasteiger partial charge in [-0.15, -0.1) is 0 Å². The van der Waals surface area contributed by atoms with Gasteiger partial charge >= 0.3 is 5.97 Å². The van der Waals surface area contributed by atoms with E-state index in [4.69, 9.17) is 14.9 Å². The van der Waals surface area contributed by atoms with Crippen molar-refractivity contribution in [2.75, 3.05) is 10.6 Å². The van der Waals surface area contributed by atoms with Gasteiger partial charge in [0.1, 0.15) is 11.6 Å². The zero-order valence-corrected chi connectivity index (χ0v) is 14.4. The van der Waals surface area contributed by atoms with Crippen molar-refractivity contribution in [1.29, 1.82) is 5.26 Å². The number of anilines is 2. The summed E-state index contributed by atoms with van der Waals surface area (Å²) in [6.07, 6.45) is 1.11. The molecule has 0 heterocycles. The summed E-state index contributed by atoms with van der Waals surface area (Å²) < 4.78 is 30.9. The molecular weight excluding hydrogens is 374 g/mol. The number of hydrogen-bond acceptors (Lipinski definition) is 6. The van der Waals surface area contributed by atoms with Crippen molar-refractivity contribution in [3.05, 3.63) is 65.9 Å². The number of carbonyl (C=O) groups is 2. The van der Waals surface area contributed by atoms with E-state index in [-0.39, 0.29) is 21.7 Å². The van der Waals surface area contributed by atoms with Crippen LogP contribution >= 0.6 is 0 Å². The number of carboxylic acid groups (broad SMARTS) is 1. The Morgan fingerprint density at radius 3 is 2.30 bits per heavy atom. The van der Waals surface area contributed by atoms with Crippen LogP contribution in [0.4, 0.5) is 11.4 Å². The fraction of sp³-hybridized carbons (Fsp3) is 0. The number of hydrogen-bond donors (Lipinski definition) is 4. The second kappa shape index (κ2) is 8.13. The summed E-state index contributed by atoms with van der Waals surface area (Å²) in [5.41, 5.74) is 0.260. The summed E-state index contributed by atoms with van der Waals surface area (Å²) in [7, 11) is -4.31. The molecule has 0 aliphatic heterocycles. The Hall–Kier alpha value is -3.68. The molecule has 138 valence electrons. The maximum atomic E-state index is 12.1. The van der Waals surface area contributed by atoms with E-state index in [1.165, 1.54) is 36.4 Å². The molecule has 10 heteroatoms. The van der Waals surface area contributed by atoms with Crippen LogP contribution in [0.15, 0.2) is 65.2 Å². The molecule has 4 N–H and O–H groups in total. The number of carbonyl (C=O) groups excluding carboxylic acids is 1. The third-order valence-corrected chi connectivity index (χ3v) is 4.14. The zero-order valence-electron chi connectivity index (χ0n) is 13.6. The fourth-order valence-electron chi connectivity index (χ4n) is 1.96. The van der Waals surface area contributed by atoms with Crippen LogP contribution in [0.1, 0.15) is 10.4 Å². The third-order valence-electron chi connectivity index (χ3n) is 3.27. The predicted molar refractivity (Wildman–Crippen MR) is 95.6 cm³/mol. The first-order chi connectivity index (χ1) is 12.7. The van der Waals surface area contributed by atoms with Gasteiger partial charge in [-0.1, -0.05) is 6.07 Å². The monoisotopic (exact) mass is 387 g/mol. The number of carboxylic acids is 1. The number of nitrogens with zero attached hydrogens (tertiary/aromatic N) is 1. The summed E-state index contributed by atoms with van der Waals surface area (Å²) >= 11 is 0. The number of amides is 1. The molecule has 0 atom stereocenters. The quantitative estimate of drug-likeness (QED) is 0.333. The minimum absolute atomic E-state index is 0.0210. The third kappa shape index (κ3) is 5.40. The lowest BCUT2D eigenvalue weighted by atomic mass is 10.2. The number of benzene rings is 2. The van der Waals surface area contributed by atoms with Crippen LogP contribution in [0.2, 0.25) is 0 Å². The van der Waals surface area contributed by atoms with Gasteiger partial charge in [0.2, 0.25) is 0 Å². The summed E-state index contributed by atoms with van der Waals surface area (Å²) in [6, 6.07) is 12.2. The summed E-state index contributed by atoms with van der Waals surface area (Å²) in [5, 5.41) is 23.1. The van der Waals surface area contributed by atoms with E-state index in [2.05, 4.69) is 10.6 Å². The van der Waals surface area contributed by atoms with E-state index < -0.39 is 22.0 Å². The van der Waals surface area contributed by atoms with Gasteiger partial charge in [0, 0.05) is 17.6 Å². The van der Waals surface area contributed by atoms with Crippen LogP contribution in [0, 0.1) is 11.3 Å². The van der Waals surface area contributed by atoms with E-state index >= 15 is 0 Å². The van der Waals surface area contributed by atoms with Crippen LogP contribution in [-0.2, 0) is 14.9 Å². The normalized spacial score (nSPS) is 11.3. The minimum Gasteiger partial charge on any atom is -0.478 e. The topological polar surface area (TPSA) is 157 Å². The highest BCUT2D eigenvalue weighted by molar-refractivity contribution is 7.85. The Bertz CT molecular complexity index is 1050. The molecule has 0 aliphatic rings. The molecule has 0 bridgehead atoms. The molecule has 0 aromatic heterocycles.